The van der Waals surface area contributed by atoms with Gasteiger partial charge in [-0.15, -0.1) is 0 Å². The molecule has 0 radical (unpaired) electrons. The van der Waals surface area contributed by atoms with E-state index in [-0.39, 0.29) is 11.9 Å². The van der Waals surface area contributed by atoms with Gasteiger partial charge in [-0.25, -0.2) is 4.98 Å². The average Bonchev–Trinajstić information content (AvgIpc) is 3.06. The Balaban J connectivity index is 1.67. The maximum absolute atomic E-state index is 14.0. The summed E-state index contributed by atoms with van der Waals surface area (Å²) in [5.74, 6) is -0.611. The van der Waals surface area contributed by atoms with Gasteiger partial charge < -0.3 is 15.6 Å². The van der Waals surface area contributed by atoms with Gasteiger partial charge in [0.25, 0.3) is 5.91 Å². The number of aromatic amines is 1. The van der Waals surface area contributed by atoms with Crippen molar-refractivity contribution in [2.24, 2.45) is 0 Å². The molecule has 0 saturated carbocycles. The molecule has 1 aromatic carbocycles. The van der Waals surface area contributed by atoms with Crippen molar-refractivity contribution in [3.63, 3.8) is 0 Å². The van der Waals surface area contributed by atoms with Crippen molar-refractivity contribution in [3.8, 4) is 11.1 Å². The summed E-state index contributed by atoms with van der Waals surface area (Å²) in [6.07, 6.45) is 5.00. The number of hydrogen-bond acceptors (Lipinski definition) is 3. The number of benzene rings is 1. The molecule has 1 amide bonds. The molecule has 25 heavy (non-hydrogen) atoms. The average molecular weight is 338 g/mol. The molecule has 1 saturated heterocycles. The maximum Gasteiger partial charge on any atom is 0.253 e. The highest BCUT2D eigenvalue weighted by Crippen LogP contribution is 2.27. The first kappa shape index (κ1) is 15.8. The Bertz CT molecular complexity index is 915. The van der Waals surface area contributed by atoms with Crippen LogP contribution in [0.5, 0.6) is 0 Å². The van der Waals surface area contributed by atoms with E-state index in [1.165, 1.54) is 6.20 Å². The number of carbonyl (C=O) groups excluding carboxylic acids is 1. The lowest BCUT2D eigenvalue weighted by molar-refractivity contribution is 0.0931. The lowest BCUT2D eigenvalue weighted by Crippen LogP contribution is -2.42. The highest BCUT2D eigenvalue weighted by atomic mass is 19.1. The minimum atomic E-state index is -0.516. The summed E-state index contributed by atoms with van der Waals surface area (Å²) >= 11 is 0. The number of carbonyl (C=O) groups is 1. The monoisotopic (exact) mass is 338 g/mol. The molecule has 0 spiro atoms. The predicted molar refractivity (Wildman–Crippen MR) is 94.8 cm³/mol. The van der Waals surface area contributed by atoms with Gasteiger partial charge in [0.1, 0.15) is 0 Å². The Kier molecular flexibility index (Phi) is 4.19. The van der Waals surface area contributed by atoms with Crippen LogP contribution in [0.2, 0.25) is 0 Å². The van der Waals surface area contributed by atoms with E-state index in [0.717, 1.165) is 36.8 Å². The first-order chi connectivity index (χ1) is 12.2. The van der Waals surface area contributed by atoms with Gasteiger partial charge in [-0.05, 0) is 55.8 Å². The largest absolute Gasteiger partial charge is 0.360 e. The molecule has 0 atom stereocenters. The summed E-state index contributed by atoms with van der Waals surface area (Å²) in [6, 6.07) is 9.10. The van der Waals surface area contributed by atoms with Crippen molar-refractivity contribution < 1.29 is 9.18 Å². The number of hydrogen-bond donors (Lipinski definition) is 3. The molecule has 2 aromatic heterocycles. The Morgan fingerprint density at radius 2 is 2.08 bits per heavy atom. The molecule has 3 heterocycles. The van der Waals surface area contributed by atoms with Crippen molar-refractivity contribution >= 4 is 16.8 Å². The van der Waals surface area contributed by atoms with Crippen LogP contribution in [0, 0.1) is 5.95 Å². The van der Waals surface area contributed by atoms with E-state index in [0.29, 0.717) is 16.7 Å². The molecule has 3 N–H and O–H groups in total. The van der Waals surface area contributed by atoms with E-state index in [9.17, 15) is 9.18 Å². The van der Waals surface area contributed by atoms with Crippen LogP contribution in [0.1, 0.15) is 23.2 Å². The lowest BCUT2D eigenvalue weighted by Gasteiger charge is -2.23. The first-order valence-electron chi connectivity index (χ1n) is 8.46. The van der Waals surface area contributed by atoms with Crippen LogP contribution in [0.15, 0.2) is 42.7 Å². The summed E-state index contributed by atoms with van der Waals surface area (Å²) < 4.78 is 14.0. The minimum Gasteiger partial charge on any atom is -0.360 e. The second-order valence-electron chi connectivity index (χ2n) is 6.30. The summed E-state index contributed by atoms with van der Waals surface area (Å²) in [5.41, 5.74) is 2.56. The van der Waals surface area contributed by atoms with Crippen molar-refractivity contribution in [1.29, 1.82) is 0 Å². The highest BCUT2D eigenvalue weighted by Gasteiger charge is 2.19. The van der Waals surface area contributed by atoms with Crippen LogP contribution in [0.3, 0.4) is 0 Å². The third kappa shape index (κ3) is 3.13. The summed E-state index contributed by atoms with van der Waals surface area (Å²) in [6.45, 7) is 1.84. The smallest absolute Gasteiger partial charge is 0.253 e. The van der Waals surface area contributed by atoms with Crippen LogP contribution in [0.25, 0.3) is 22.0 Å². The number of nitrogens with zero attached hydrogens (tertiary/aromatic N) is 1. The van der Waals surface area contributed by atoms with Gasteiger partial charge in [0.05, 0.1) is 5.56 Å². The predicted octanol–water partition coefficient (Wildman–Crippen LogP) is 2.85. The molecule has 0 unspecified atom stereocenters. The molecular weight excluding hydrogens is 319 g/mol. The molecule has 3 aromatic rings. The SMILES string of the molecule is O=C(NC1CCNCC1)c1c[nH]c2ccc(-c3cccnc3F)cc12. The van der Waals surface area contributed by atoms with E-state index in [4.69, 9.17) is 0 Å². The zero-order chi connectivity index (χ0) is 17.2. The van der Waals surface area contributed by atoms with Crippen molar-refractivity contribution in [3.05, 3.63) is 54.2 Å². The highest BCUT2D eigenvalue weighted by molar-refractivity contribution is 6.07. The second-order valence-corrected chi connectivity index (χ2v) is 6.30. The van der Waals surface area contributed by atoms with Crippen LogP contribution in [0.4, 0.5) is 4.39 Å². The van der Waals surface area contributed by atoms with Gasteiger partial charge >= 0.3 is 0 Å². The van der Waals surface area contributed by atoms with Gasteiger partial charge in [0.2, 0.25) is 5.95 Å². The maximum atomic E-state index is 14.0. The standard InChI is InChI=1S/C19H19FN4O/c20-18-14(2-1-7-22-18)12-3-4-17-15(10-12)16(11-23-17)19(25)24-13-5-8-21-9-6-13/h1-4,7,10-11,13,21,23H,5-6,8-9H2,(H,24,25). The number of aromatic nitrogens is 2. The topological polar surface area (TPSA) is 69.8 Å². The van der Waals surface area contributed by atoms with Crippen LogP contribution < -0.4 is 10.6 Å². The van der Waals surface area contributed by atoms with E-state index >= 15 is 0 Å². The molecule has 1 aliphatic rings. The van der Waals surface area contributed by atoms with Crippen molar-refractivity contribution in [2.45, 2.75) is 18.9 Å². The molecule has 5 nitrogen and oxygen atoms in total. The zero-order valence-electron chi connectivity index (χ0n) is 13.7. The quantitative estimate of drug-likeness (QED) is 0.643. The molecule has 128 valence electrons. The molecule has 4 rings (SSSR count). The summed E-state index contributed by atoms with van der Waals surface area (Å²) in [7, 11) is 0. The number of pyridine rings is 1. The molecule has 0 aliphatic carbocycles. The van der Waals surface area contributed by atoms with E-state index in [2.05, 4.69) is 20.6 Å². The van der Waals surface area contributed by atoms with Crippen LogP contribution >= 0.6 is 0 Å². The second kappa shape index (κ2) is 6.64. The number of fused-ring (bicyclic) bond motifs is 1. The van der Waals surface area contributed by atoms with Crippen LogP contribution in [-0.4, -0.2) is 35.0 Å². The van der Waals surface area contributed by atoms with Gasteiger partial charge in [-0.3, -0.25) is 4.79 Å². The fraction of sp³-hybridized carbons (Fsp3) is 0.263. The molecule has 1 fully saturated rings. The summed E-state index contributed by atoms with van der Waals surface area (Å²) in [4.78, 5) is 19.5. The van der Waals surface area contributed by atoms with E-state index < -0.39 is 5.95 Å². The fourth-order valence-electron chi connectivity index (χ4n) is 3.31. The Morgan fingerprint density at radius 3 is 2.88 bits per heavy atom. The Hall–Kier alpha value is -2.73. The third-order valence-corrected chi connectivity index (χ3v) is 4.67. The zero-order valence-corrected chi connectivity index (χ0v) is 13.7. The van der Waals surface area contributed by atoms with E-state index in [1.807, 2.05) is 18.2 Å². The molecule has 1 aliphatic heterocycles. The third-order valence-electron chi connectivity index (χ3n) is 4.67. The molecular formula is C19H19FN4O. The van der Waals surface area contributed by atoms with Gasteiger partial charge in [-0.2, -0.15) is 4.39 Å². The molecule has 6 heteroatoms. The van der Waals surface area contributed by atoms with Gasteiger partial charge in [0.15, 0.2) is 0 Å². The number of rotatable bonds is 3. The molecule has 0 bridgehead atoms. The normalized spacial score (nSPS) is 15.4. The summed E-state index contributed by atoms with van der Waals surface area (Å²) in [5, 5.41) is 7.17. The minimum absolute atomic E-state index is 0.0954. The lowest BCUT2D eigenvalue weighted by atomic mass is 10.0. The number of nitrogens with one attached hydrogen (secondary N) is 3. The number of halogens is 1. The van der Waals surface area contributed by atoms with E-state index in [1.54, 1.807) is 18.3 Å². The Morgan fingerprint density at radius 1 is 1.24 bits per heavy atom. The van der Waals surface area contributed by atoms with Crippen molar-refractivity contribution in [1.82, 2.24) is 20.6 Å². The Labute approximate surface area is 144 Å². The number of amides is 1. The fourth-order valence-corrected chi connectivity index (χ4v) is 3.31. The van der Waals surface area contributed by atoms with Crippen molar-refractivity contribution in [2.75, 3.05) is 13.1 Å². The van der Waals surface area contributed by atoms with Gasteiger partial charge in [0, 0.05) is 34.9 Å². The number of piperidine rings is 1. The van der Waals surface area contributed by atoms with Crippen LogP contribution in [-0.2, 0) is 0 Å². The van der Waals surface area contributed by atoms with Gasteiger partial charge in [-0.1, -0.05) is 6.07 Å². The first-order valence-corrected chi connectivity index (χ1v) is 8.46. The number of H-pyrrole nitrogens is 1.